The van der Waals surface area contributed by atoms with Crippen molar-refractivity contribution in [1.29, 1.82) is 0 Å². The molecule has 0 saturated carbocycles. The molecule has 1 aromatic rings. The summed E-state index contributed by atoms with van der Waals surface area (Å²) in [6.45, 7) is 9.81. The number of nitrogens with one attached hydrogen (secondary N) is 1. The molecular weight excluding hydrogens is 210 g/mol. The van der Waals surface area contributed by atoms with E-state index >= 15 is 0 Å². The summed E-state index contributed by atoms with van der Waals surface area (Å²) >= 11 is 0. The Hall–Kier alpha value is -1.02. The van der Waals surface area contributed by atoms with Gasteiger partial charge in [-0.2, -0.15) is 0 Å². The number of hydrogen-bond acceptors (Lipinski definition) is 2. The van der Waals surface area contributed by atoms with Gasteiger partial charge in [0.1, 0.15) is 11.9 Å². The minimum atomic E-state index is 0.206. The number of hydrogen-bond donors (Lipinski definition) is 1. The van der Waals surface area contributed by atoms with Crippen LogP contribution in [0.4, 0.5) is 0 Å². The lowest BCUT2D eigenvalue weighted by atomic mass is 10.0. The largest absolute Gasteiger partial charge is 0.489 e. The molecule has 1 N–H and O–H groups in total. The van der Waals surface area contributed by atoms with Crippen LogP contribution in [0.2, 0.25) is 0 Å². The fourth-order valence-corrected chi connectivity index (χ4v) is 2.43. The van der Waals surface area contributed by atoms with Gasteiger partial charge in [-0.15, -0.1) is 0 Å². The van der Waals surface area contributed by atoms with E-state index in [4.69, 9.17) is 4.74 Å². The highest BCUT2D eigenvalue weighted by molar-refractivity contribution is 5.35. The van der Waals surface area contributed by atoms with Crippen LogP contribution in [0.3, 0.4) is 0 Å². The van der Waals surface area contributed by atoms with E-state index in [0.717, 1.165) is 18.7 Å². The Bertz CT molecular complexity index is 384. The number of para-hydroxylation sites is 1. The van der Waals surface area contributed by atoms with Gasteiger partial charge in [-0.1, -0.05) is 32.0 Å². The van der Waals surface area contributed by atoms with Crippen molar-refractivity contribution < 1.29 is 4.74 Å². The summed E-state index contributed by atoms with van der Waals surface area (Å²) < 4.78 is 6.14. The Morgan fingerprint density at radius 3 is 2.59 bits per heavy atom. The topological polar surface area (TPSA) is 21.3 Å². The minimum absolute atomic E-state index is 0.206. The highest BCUT2D eigenvalue weighted by Gasteiger charge is 2.31. The Kier molecular flexibility index (Phi) is 3.43. The molecule has 17 heavy (non-hydrogen) atoms. The zero-order valence-corrected chi connectivity index (χ0v) is 11.3. The zero-order chi connectivity index (χ0) is 12.5. The molecular formula is C15H23NO. The molecule has 94 valence electrons. The maximum atomic E-state index is 6.14. The molecule has 2 nitrogen and oxygen atoms in total. The van der Waals surface area contributed by atoms with Crippen molar-refractivity contribution in [3.8, 4) is 5.75 Å². The van der Waals surface area contributed by atoms with Crippen molar-refractivity contribution in [3.63, 3.8) is 0 Å². The monoisotopic (exact) mass is 233 g/mol. The fourth-order valence-electron chi connectivity index (χ4n) is 2.43. The van der Waals surface area contributed by atoms with Gasteiger partial charge in [0, 0.05) is 18.5 Å². The lowest BCUT2D eigenvalue weighted by Gasteiger charge is -2.19. The van der Waals surface area contributed by atoms with E-state index in [-0.39, 0.29) is 5.54 Å². The van der Waals surface area contributed by atoms with Crippen LogP contribution in [-0.4, -0.2) is 18.2 Å². The molecule has 2 heteroatoms. The summed E-state index contributed by atoms with van der Waals surface area (Å²) in [5.74, 6) is 1.56. The van der Waals surface area contributed by atoms with Gasteiger partial charge in [0.15, 0.2) is 0 Å². The van der Waals surface area contributed by atoms with Crippen LogP contribution >= 0.6 is 0 Å². The molecule has 1 aliphatic rings. The molecule has 1 unspecified atom stereocenters. The third-order valence-corrected chi connectivity index (χ3v) is 3.38. The third kappa shape index (κ3) is 3.01. The molecule has 2 rings (SSSR count). The van der Waals surface area contributed by atoms with Gasteiger partial charge < -0.3 is 10.1 Å². The van der Waals surface area contributed by atoms with E-state index in [0.29, 0.717) is 12.0 Å². The molecule has 1 aromatic carbocycles. The predicted molar refractivity (Wildman–Crippen MR) is 71.6 cm³/mol. The number of benzene rings is 1. The Balaban J connectivity index is 2.09. The van der Waals surface area contributed by atoms with Crippen LogP contribution in [-0.2, 0) is 0 Å². The average Bonchev–Trinajstić information content (AvgIpc) is 2.58. The summed E-state index contributed by atoms with van der Waals surface area (Å²) in [5, 5.41) is 3.49. The zero-order valence-electron chi connectivity index (χ0n) is 11.3. The normalized spacial score (nSPS) is 23.0. The molecule has 1 fully saturated rings. The SMILES string of the molecule is CC(C)c1ccccc1OC1CNC(C)(C)C1. The van der Waals surface area contributed by atoms with Crippen LogP contribution in [0.15, 0.2) is 24.3 Å². The highest BCUT2D eigenvalue weighted by Crippen LogP contribution is 2.29. The number of rotatable bonds is 3. The molecule has 1 saturated heterocycles. The van der Waals surface area contributed by atoms with E-state index in [9.17, 15) is 0 Å². The molecule has 0 amide bonds. The summed E-state index contributed by atoms with van der Waals surface area (Å²) in [6, 6.07) is 8.38. The van der Waals surface area contributed by atoms with E-state index in [1.807, 2.05) is 0 Å². The molecule has 0 aromatic heterocycles. The van der Waals surface area contributed by atoms with Crippen LogP contribution in [0.25, 0.3) is 0 Å². The van der Waals surface area contributed by atoms with Crippen LogP contribution < -0.4 is 10.1 Å². The lowest BCUT2D eigenvalue weighted by molar-refractivity contribution is 0.211. The third-order valence-electron chi connectivity index (χ3n) is 3.38. The van der Waals surface area contributed by atoms with E-state index < -0.39 is 0 Å². The second kappa shape index (κ2) is 4.69. The van der Waals surface area contributed by atoms with Gasteiger partial charge in [-0.25, -0.2) is 0 Å². The second-order valence-corrected chi connectivity index (χ2v) is 5.90. The Morgan fingerprint density at radius 1 is 1.29 bits per heavy atom. The molecule has 0 aliphatic carbocycles. The van der Waals surface area contributed by atoms with E-state index in [2.05, 4.69) is 57.3 Å². The van der Waals surface area contributed by atoms with Gasteiger partial charge in [-0.3, -0.25) is 0 Å². The van der Waals surface area contributed by atoms with Crippen LogP contribution in [0.5, 0.6) is 5.75 Å². The van der Waals surface area contributed by atoms with Crippen molar-refractivity contribution in [1.82, 2.24) is 5.32 Å². The minimum Gasteiger partial charge on any atom is -0.489 e. The summed E-state index contributed by atoms with van der Waals surface area (Å²) in [5.41, 5.74) is 1.51. The summed E-state index contributed by atoms with van der Waals surface area (Å²) in [6.07, 6.45) is 1.37. The first-order valence-corrected chi connectivity index (χ1v) is 6.48. The van der Waals surface area contributed by atoms with Gasteiger partial charge in [0.05, 0.1) is 0 Å². The van der Waals surface area contributed by atoms with Gasteiger partial charge >= 0.3 is 0 Å². The van der Waals surface area contributed by atoms with Gasteiger partial charge in [0.2, 0.25) is 0 Å². The van der Waals surface area contributed by atoms with E-state index in [1.54, 1.807) is 0 Å². The van der Waals surface area contributed by atoms with Crippen molar-refractivity contribution in [3.05, 3.63) is 29.8 Å². The van der Waals surface area contributed by atoms with Crippen molar-refractivity contribution in [2.45, 2.75) is 51.7 Å². The standard InChI is InChI=1S/C15H23NO/c1-11(2)13-7-5-6-8-14(13)17-12-9-15(3,4)16-10-12/h5-8,11-12,16H,9-10H2,1-4H3. The first-order chi connectivity index (χ1) is 7.98. The first-order valence-electron chi connectivity index (χ1n) is 6.48. The van der Waals surface area contributed by atoms with Crippen LogP contribution in [0.1, 0.15) is 45.6 Å². The smallest absolute Gasteiger partial charge is 0.123 e. The fraction of sp³-hybridized carbons (Fsp3) is 0.600. The van der Waals surface area contributed by atoms with Crippen LogP contribution in [0, 0.1) is 0 Å². The molecule has 0 radical (unpaired) electrons. The first kappa shape index (κ1) is 12.4. The summed E-state index contributed by atoms with van der Waals surface area (Å²) in [7, 11) is 0. The molecule has 1 aliphatic heterocycles. The summed E-state index contributed by atoms with van der Waals surface area (Å²) in [4.78, 5) is 0. The molecule has 1 atom stereocenters. The van der Waals surface area contributed by atoms with Crippen molar-refractivity contribution in [2.24, 2.45) is 0 Å². The van der Waals surface area contributed by atoms with Crippen molar-refractivity contribution >= 4 is 0 Å². The Labute approximate surface area is 104 Å². The highest BCUT2D eigenvalue weighted by atomic mass is 16.5. The quantitative estimate of drug-likeness (QED) is 0.864. The maximum Gasteiger partial charge on any atom is 0.123 e. The predicted octanol–water partition coefficient (Wildman–Crippen LogP) is 3.33. The number of ether oxygens (including phenoxy) is 1. The van der Waals surface area contributed by atoms with Gasteiger partial charge in [-0.05, 0) is 31.4 Å². The average molecular weight is 233 g/mol. The second-order valence-electron chi connectivity index (χ2n) is 5.90. The molecule has 0 spiro atoms. The lowest BCUT2D eigenvalue weighted by Crippen LogP contribution is -2.31. The maximum absolute atomic E-state index is 6.14. The Morgan fingerprint density at radius 2 is 2.00 bits per heavy atom. The molecule has 1 heterocycles. The van der Waals surface area contributed by atoms with E-state index in [1.165, 1.54) is 5.56 Å². The van der Waals surface area contributed by atoms with Crippen molar-refractivity contribution in [2.75, 3.05) is 6.54 Å². The van der Waals surface area contributed by atoms with Gasteiger partial charge in [0.25, 0.3) is 0 Å². The molecule has 0 bridgehead atoms.